The number of carbonyl (C=O) groups is 1. The van der Waals surface area contributed by atoms with Crippen molar-refractivity contribution < 1.29 is 4.79 Å². The van der Waals surface area contributed by atoms with Crippen LogP contribution in [-0.2, 0) is 18.4 Å². The van der Waals surface area contributed by atoms with Crippen molar-refractivity contribution in [3.05, 3.63) is 30.2 Å². The summed E-state index contributed by atoms with van der Waals surface area (Å²) in [4.78, 5) is 12.0. The van der Waals surface area contributed by atoms with Gasteiger partial charge in [-0.25, -0.2) is 0 Å². The van der Waals surface area contributed by atoms with Crippen LogP contribution >= 0.6 is 11.8 Å². The summed E-state index contributed by atoms with van der Waals surface area (Å²) in [7, 11) is 1.79. The van der Waals surface area contributed by atoms with Crippen molar-refractivity contribution >= 4 is 23.5 Å². The van der Waals surface area contributed by atoms with Gasteiger partial charge in [0.15, 0.2) is 5.16 Å². The molecule has 112 valence electrons. The zero-order valence-corrected chi connectivity index (χ0v) is 13.1. The number of aryl methyl sites for hydroxylation is 3. The molecule has 0 atom stereocenters. The van der Waals surface area contributed by atoms with Gasteiger partial charge in [0.1, 0.15) is 11.6 Å². The lowest BCUT2D eigenvalue weighted by Crippen LogP contribution is -2.16. The Hall–Kier alpha value is -2.09. The average Bonchev–Trinajstić information content (AvgIpc) is 2.92. The van der Waals surface area contributed by atoms with Crippen LogP contribution in [0.15, 0.2) is 23.9 Å². The lowest BCUT2D eigenvalue weighted by molar-refractivity contribution is -0.113. The van der Waals surface area contributed by atoms with E-state index in [1.54, 1.807) is 17.8 Å². The van der Waals surface area contributed by atoms with Crippen molar-refractivity contribution in [3.63, 3.8) is 0 Å². The minimum Gasteiger partial charge on any atom is -0.310 e. The third-order valence-electron chi connectivity index (χ3n) is 2.82. The van der Waals surface area contributed by atoms with E-state index in [0.717, 1.165) is 11.5 Å². The smallest absolute Gasteiger partial charge is 0.235 e. The number of anilines is 1. The van der Waals surface area contributed by atoms with Gasteiger partial charge in [0.2, 0.25) is 5.91 Å². The second kappa shape index (κ2) is 6.57. The first-order valence-electron chi connectivity index (χ1n) is 6.45. The number of amides is 1. The monoisotopic (exact) mass is 306 g/mol. The Labute approximate surface area is 127 Å². The molecule has 0 radical (unpaired) electrons. The second-order valence-electron chi connectivity index (χ2n) is 4.56. The van der Waals surface area contributed by atoms with Gasteiger partial charge in [0, 0.05) is 19.7 Å². The standard InChI is InChI=1S/C13H18N6OS/c1-5-6-19-10(3)15-16-13(19)21-8-12(20)14-11-7-9(2)17-18(11)4/h5,7H,1,6,8H2,2-4H3,(H,14,20). The van der Waals surface area contributed by atoms with E-state index in [4.69, 9.17) is 0 Å². The summed E-state index contributed by atoms with van der Waals surface area (Å²) in [6.07, 6.45) is 1.78. The van der Waals surface area contributed by atoms with Crippen molar-refractivity contribution in [2.75, 3.05) is 11.1 Å². The first-order valence-corrected chi connectivity index (χ1v) is 7.44. The molecule has 1 amide bonds. The highest BCUT2D eigenvalue weighted by Crippen LogP contribution is 2.17. The number of nitrogens with one attached hydrogen (secondary N) is 1. The largest absolute Gasteiger partial charge is 0.310 e. The maximum absolute atomic E-state index is 12.0. The minimum absolute atomic E-state index is 0.103. The Bertz CT molecular complexity index is 660. The van der Waals surface area contributed by atoms with Gasteiger partial charge in [-0.15, -0.1) is 16.8 Å². The molecule has 0 fully saturated rings. The number of carbonyl (C=O) groups excluding carboxylic acids is 1. The second-order valence-corrected chi connectivity index (χ2v) is 5.50. The highest BCUT2D eigenvalue weighted by atomic mass is 32.2. The topological polar surface area (TPSA) is 77.6 Å². The van der Waals surface area contributed by atoms with Crippen LogP contribution in [0.3, 0.4) is 0 Å². The third kappa shape index (κ3) is 3.72. The van der Waals surface area contributed by atoms with E-state index in [-0.39, 0.29) is 11.7 Å². The van der Waals surface area contributed by atoms with E-state index in [9.17, 15) is 4.79 Å². The number of allylic oxidation sites excluding steroid dienone is 1. The maximum Gasteiger partial charge on any atom is 0.235 e. The van der Waals surface area contributed by atoms with Crippen LogP contribution in [0.1, 0.15) is 11.5 Å². The lowest BCUT2D eigenvalue weighted by Gasteiger charge is -2.06. The predicted octanol–water partition coefficient (Wildman–Crippen LogP) is 1.55. The molecule has 7 nitrogen and oxygen atoms in total. The number of hydrogen-bond acceptors (Lipinski definition) is 5. The summed E-state index contributed by atoms with van der Waals surface area (Å²) >= 11 is 1.35. The van der Waals surface area contributed by atoms with Gasteiger partial charge in [0.05, 0.1) is 11.4 Å². The van der Waals surface area contributed by atoms with Crippen molar-refractivity contribution in [2.24, 2.45) is 7.05 Å². The molecule has 0 unspecified atom stereocenters. The molecule has 2 aromatic rings. The molecule has 0 saturated heterocycles. The van der Waals surface area contributed by atoms with Crippen molar-refractivity contribution in [1.82, 2.24) is 24.5 Å². The number of thioether (sulfide) groups is 1. The molecule has 8 heteroatoms. The quantitative estimate of drug-likeness (QED) is 0.647. The number of aromatic nitrogens is 5. The number of rotatable bonds is 6. The molecule has 0 aliphatic heterocycles. The summed E-state index contributed by atoms with van der Waals surface area (Å²) in [5.74, 6) is 1.65. The normalized spacial score (nSPS) is 10.6. The zero-order valence-electron chi connectivity index (χ0n) is 12.3. The SMILES string of the molecule is C=CCn1c(C)nnc1SCC(=O)Nc1cc(C)nn1C. The highest BCUT2D eigenvalue weighted by Gasteiger charge is 2.12. The van der Waals surface area contributed by atoms with Gasteiger partial charge in [-0.2, -0.15) is 5.10 Å². The molecule has 0 saturated carbocycles. The fourth-order valence-electron chi connectivity index (χ4n) is 1.84. The van der Waals surface area contributed by atoms with Gasteiger partial charge < -0.3 is 9.88 Å². The molecule has 2 heterocycles. The molecule has 0 bridgehead atoms. The van der Waals surface area contributed by atoms with E-state index in [0.29, 0.717) is 17.5 Å². The van der Waals surface area contributed by atoms with Crippen LogP contribution in [0.5, 0.6) is 0 Å². The van der Waals surface area contributed by atoms with Crippen LogP contribution < -0.4 is 5.32 Å². The summed E-state index contributed by atoms with van der Waals surface area (Å²) in [6.45, 7) is 8.09. The van der Waals surface area contributed by atoms with Gasteiger partial charge in [-0.3, -0.25) is 9.48 Å². The first kappa shape index (κ1) is 15.3. The Balaban J connectivity index is 1.95. The van der Waals surface area contributed by atoms with Gasteiger partial charge in [-0.1, -0.05) is 17.8 Å². The molecular weight excluding hydrogens is 288 g/mol. The maximum atomic E-state index is 12.0. The average molecular weight is 306 g/mol. The third-order valence-corrected chi connectivity index (χ3v) is 3.78. The fourth-order valence-corrected chi connectivity index (χ4v) is 2.64. The number of hydrogen-bond donors (Lipinski definition) is 1. The Kier molecular flexibility index (Phi) is 4.79. The van der Waals surface area contributed by atoms with E-state index in [2.05, 4.69) is 27.2 Å². The molecule has 0 aromatic carbocycles. The Morgan fingerprint density at radius 3 is 2.86 bits per heavy atom. The Morgan fingerprint density at radius 2 is 2.24 bits per heavy atom. The molecular formula is C13H18N6OS. The van der Waals surface area contributed by atoms with Crippen LogP contribution in [0.4, 0.5) is 5.82 Å². The van der Waals surface area contributed by atoms with Gasteiger partial charge in [-0.05, 0) is 13.8 Å². The van der Waals surface area contributed by atoms with Crippen LogP contribution in [0.2, 0.25) is 0 Å². The highest BCUT2D eigenvalue weighted by molar-refractivity contribution is 7.99. The molecule has 0 aliphatic carbocycles. The van der Waals surface area contributed by atoms with Crippen LogP contribution in [0.25, 0.3) is 0 Å². The van der Waals surface area contributed by atoms with Gasteiger partial charge >= 0.3 is 0 Å². The molecule has 0 aliphatic rings. The van der Waals surface area contributed by atoms with E-state index in [1.807, 2.05) is 24.5 Å². The van der Waals surface area contributed by atoms with Gasteiger partial charge in [0.25, 0.3) is 0 Å². The molecule has 2 rings (SSSR count). The van der Waals surface area contributed by atoms with Crippen LogP contribution in [0, 0.1) is 13.8 Å². The van der Waals surface area contributed by atoms with Crippen molar-refractivity contribution in [3.8, 4) is 0 Å². The van der Waals surface area contributed by atoms with E-state index >= 15 is 0 Å². The molecule has 1 N–H and O–H groups in total. The minimum atomic E-state index is -0.103. The molecule has 21 heavy (non-hydrogen) atoms. The summed E-state index contributed by atoms with van der Waals surface area (Å²) in [5.41, 5.74) is 0.863. The molecule has 0 spiro atoms. The Morgan fingerprint density at radius 1 is 1.48 bits per heavy atom. The first-order chi connectivity index (χ1) is 10.0. The zero-order chi connectivity index (χ0) is 15.4. The van der Waals surface area contributed by atoms with Crippen molar-refractivity contribution in [1.29, 1.82) is 0 Å². The van der Waals surface area contributed by atoms with E-state index < -0.39 is 0 Å². The van der Waals surface area contributed by atoms with Crippen LogP contribution in [-0.4, -0.2) is 36.2 Å². The predicted molar refractivity (Wildman–Crippen MR) is 82.3 cm³/mol. The van der Waals surface area contributed by atoms with Crippen molar-refractivity contribution in [2.45, 2.75) is 25.5 Å². The molecule has 2 aromatic heterocycles. The summed E-state index contributed by atoms with van der Waals surface area (Å²) in [5, 5.41) is 15.8. The summed E-state index contributed by atoms with van der Waals surface area (Å²) < 4.78 is 3.56. The fraction of sp³-hybridized carbons (Fsp3) is 0.385. The number of nitrogens with zero attached hydrogens (tertiary/aromatic N) is 5. The van der Waals surface area contributed by atoms with E-state index in [1.165, 1.54) is 11.8 Å². The summed E-state index contributed by atoms with van der Waals surface area (Å²) in [6, 6.07) is 1.83. The lowest BCUT2D eigenvalue weighted by atomic mass is 10.4.